The highest BCUT2D eigenvalue weighted by Crippen LogP contribution is 2.22. The zero-order valence-electron chi connectivity index (χ0n) is 16.8. The number of nitrogens with zero attached hydrogens (tertiary/aromatic N) is 3. The van der Waals surface area contributed by atoms with Gasteiger partial charge >= 0.3 is 0 Å². The minimum Gasteiger partial charge on any atom is -0.359 e. The van der Waals surface area contributed by atoms with Crippen LogP contribution in [0.2, 0.25) is 0 Å². The Balaban J connectivity index is 0.00000338. The molecule has 0 atom stereocenters. The molecule has 0 aromatic heterocycles. The van der Waals surface area contributed by atoms with Gasteiger partial charge in [0.25, 0.3) is 0 Å². The molecule has 1 saturated heterocycles. The van der Waals surface area contributed by atoms with Gasteiger partial charge in [-0.2, -0.15) is 0 Å². The van der Waals surface area contributed by atoms with E-state index >= 15 is 0 Å². The number of aliphatic imine (C=N–C) groups is 1. The van der Waals surface area contributed by atoms with E-state index in [2.05, 4.69) is 34.4 Å². The van der Waals surface area contributed by atoms with Crippen molar-refractivity contribution in [2.75, 3.05) is 46.8 Å². The lowest BCUT2D eigenvalue weighted by Crippen LogP contribution is -2.46. The van der Waals surface area contributed by atoms with Crippen molar-refractivity contribution in [1.82, 2.24) is 20.4 Å². The van der Waals surface area contributed by atoms with Crippen molar-refractivity contribution in [3.8, 4) is 0 Å². The highest BCUT2D eigenvalue weighted by atomic mass is 127. The molecule has 6 nitrogen and oxygen atoms in total. The third kappa shape index (κ3) is 7.58. The zero-order valence-corrected chi connectivity index (χ0v) is 19.1. The Morgan fingerprint density at radius 1 is 1.19 bits per heavy atom. The molecule has 0 unspecified atom stereocenters. The fraction of sp³-hybridized carbons (Fsp3) is 0.895. The van der Waals surface area contributed by atoms with E-state index in [1.807, 2.05) is 0 Å². The van der Waals surface area contributed by atoms with Gasteiger partial charge in [-0.15, -0.1) is 24.0 Å². The molecule has 1 aliphatic carbocycles. The van der Waals surface area contributed by atoms with Gasteiger partial charge in [0.05, 0.1) is 6.54 Å². The molecule has 1 aliphatic heterocycles. The van der Waals surface area contributed by atoms with Gasteiger partial charge in [0.2, 0.25) is 5.91 Å². The Morgan fingerprint density at radius 2 is 1.85 bits per heavy atom. The zero-order chi connectivity index (χ0) is 18.1. The second-order valence-corrected chi connectivity index (χ2v) is 7.46. The molecule has 2 rings (SSSR count). The predicted octanol–water partition coefficient (Wildman–Crippen LogP) is 2.29. The number of likely N-dealkylation sites (tertiary alicyclic amines) is 1. The maximum atomic E-state index is 11.5. The molecular weight excluding hydrogens is 441 g/mol. The van der Waals surface area contributed by atoms with E-state index in [1.54, 1.807) is 7.05 Å². The van der Waals surface area contributed by atoms with E-state index in [0.29, 0.717) is 12.3 Å². The van der Waals surface area contributed by atoms with E-state index in [-0.39, 0.29) is 29.9 Å². The summed E-state index contributed by atoms with van der Waals surface area (Å²) in [5, 5.41) is 6.18. The van der Waals surface area contributed by atoms with Crippen LogP contribution in [0.3, 0.4) is 0 Å². The second-order valence-electron chi connectivity index (χ2n) is 7.46. The van der Waals surface area contributed by atoms with Crippen molar-refractivity contribution in [1.29, 1.82) is 0 Å². The van der Waals surface area contributed by atoms with Gasteiger partial charge in [-0.1, -0.05) is 12.8 Å². The van der Waals surface area contributed by atoms with Crippen molar-refractivity contribution in [3.05, 3.63) is 0 Å². The smallest absolute Gasteiger partial charge is 0.220 e. The number of guanidine groups is 1. The number of hydrogen-bond donors (Lipinski definition) is 2. The number of piperidine rings is 1. The molecule has 2 N–H and O–H groups in total. The van der Waals surface area contributed by atoms with Crippen LogP contribution in [0.4, 0.5) is 0 Å². The Hall–Kier alpha value is -0.570. The summed E-state index contributed by atoms with van der Waals surface area (Å²) in [7, 11) is 3.96. The third-order valence-corrected chi connectivity index (χ3v) is 5.66. The van der Waals surface area contributed by atoms with Gasteiger partial charge < -0.3 is 20.4 Å². The monoisotopic (exact) mass is 479 g/mol. The summed E-state index contributed by atoms with van der Waals surface area (Å²) in [4.78, 5) is 21.3. The van der Waals surface area contributed by atoms with Crippen molar-refractivity contribution in [2.45, 2.75) is 57.9 Å². The van der Waals surface area contributed by atoms with Crippen LogP contribution in [0.1, 0.15) is 51.9 Å². The summed E-state index contributed by atoms with van der Waals surface area (Å²) in [6.07, 6.45) is 8.25. The first kappa shape index (κ1) is 23.5. The average Bonchev–Trinajstić information content (AvgIpc) is 3.16. The minimum absolute atomic E-state index is 0. The lowest BCUT2D eigenvalue weighted by atomic mass is 9.93. The highest BCUT2D eigenvalue weighted by Gasteiger charge is 2.23. The van der Waals surface area contributed by atoms with Crippen LogP contribution < -0.4 is 10.6 Å². The molecule has 26 heavy (non-hydrogen) atoms. The molecule has 0 spiro atoms. The van der Waals surface area contributed by atoms with Crippen LogP contribution in [0.15, 0.2) is 4.99 Å². The molecule has 0 aromatic carbocycles. The quantitative estimate of drug-likeness (QED) is 0.334. The summed E-state index contributed by atoms with van der Waals surface area (Å²) < 4.78 is 0. The molecule has 1 heterocycles. The molecule has 1 amide bonds. The second kappa shape index (κ2) is 12.8. The number of carbonyl (C=O) groups excluding carboxylic acids is 1. The van der Waals surface area contributed by atoms with E-state index in [4.69, 9.17) is 4.99 Å². The SMILES string of the molecule is CCNC(=NCCN(C)C1CCCC1)N1CCC(CC(=O)NC)CC1.I. The summed E-state index contributed by atoms with van der Waals surface area (Å²) >= 11 is 0. The van der Waals surface area contributed by atoms with E-state index in [0.717, 1.165) is 57.6 Å². The van der Waals surface area contributed by atoms with Crippen LogP contribution in [-0.4, -0.2) is 74.5 Å². The first-order valence-electron chi connectivity index (χ1n) is 10.1. The van der Waals surface area contributed by atoms with Crippen LogP contribution in [0.5, 0.6) is 0 Å². The fourth-order valence-corrected chi connectivity index (χ4v) is 3.98. The summed E-state index contributed by atoms with van der Waals surface area (Å²) in [6.45, 7) is 6.89. The first-order valence-corrected chi connectivity index (χ1v) is 10.1. The Morgan fingerprint density at radius 3 is 2.42 bits per heavy atom. The number of likely N-dealkylation sites (N-methyl/N-ethyl adjacent to an activating group) is 1. The normalized spacial score (nSPS) is 19.5. The van der Waals surface area contributed by atoms with E-state index in [9.17, 15) is 4.79 Å². The van der Waals surface area contributed by atoms with Gasteiger partial charge in [0.15, 0.2) is 5.96 Å². The molecule has 1 saturated carbocycles. The maximum Gasteiger partial charge on any atom is 0.220 e. The average molecular weight is 479 g/mol. The summed E-state index contributed by atoms with van der Waals surface area (Å²) in [5.74, 6) is 1.71. The van der Waals surface area contributed by atoms with Crippen LogP contribution in [-0.2, 0) is 4.79 Å². The van der Waals surface area contributed by atoms with Crippen molar-refractivity contribution in [3.63, 3.8) is 0 Å². The third-order valence-electron chi connectivity index (χ3n) is 5.66. The Kier molecular flexibility index (Phi) is 11.5. The summed E-state index contributed by atoms with van der Waals surface area (Å²) in [5.41, 5.74) is 0. The molecule has 0 radical (unpaired) electrons. The van der Waals surface area contributed by atoms with Crippen molar-refractivity contribution < 1.29 is 4.79 Å². The van der Waals surface area contributed by atoms with Crippen molar-refractivity contribution >= 4 is 35.8 Å². The lowest BCUT2D eigenvalue weighted by Gasteiger charge is -2.34. The number of amides is 1. The van der Waals surface area contributed by atoms with E-state index in [1.165, 1.54) is 25.7 Å². The minimum atomic E-state index is 0. The van der Waals surface area contributed by atoms with Gasteiger partial charge in [-0.05, 0) is 45.6 Å². The number of halogens is 1. The molecule has 7 heteroatoms. The lowest BCUT2D eigenvalue weighted by molar-refractivity contribution is -0.121. The van der Waals surface area contributed by atoms with Crippen LogP contribution in [0, 0.1) is 5.92 Å². The fourth-order valence-electron chi connectivity index (χ4n) is 3.98. The van der Waals surface area contributed by atoms with Gasteiger partial charge in [0, 0.05) is 45.7 Å². The molecule has 152 valence electrons. The topological polar surface area (TPSA) is 60.0 Å². The van der Waals surface area contributed by atoms with Gasteiger partial charge in [-0.3, -0.25) is 9.79 Å². The molecular formula is C19H38IN5O. The van der Waals surface area contributed by atoms with Crippen LogP contribution in [0.25, 0.3) is 0 Å². The van der Waals surface area contributed by atoms with Crippen molar-refractivity contribution in [2.24, 2.45) is 10.9 Å². The largest absolute Gasteiger partial charge is 0.359 e. The first-order chi connectivity index (χ1) is 12.1. The standard InChI is InChI=1S/C19H37N5O.HI/c1-4-21-19(22-11-14-23(3)17-7-5-6-8-17)24-12-9-16(10-13-24)15-18(25)20-2;/h16-17H,4-15H2,1-3H3,(H,20,25)(H,21,22);1H. The number of hydrogen-bond acceptors (Lipinski definition) is 3. The van der Waals surface area contributed by atoms with Gasteiger partial charge in [0.1, 0.15) is 0 Å². The molecule has 2 fully saturated rings. The predicted molar refractivity (Wildman–Crippen MR) is 119 cm³/mol. The maximum absolute atomic E-state index is 11.5. The molecule has 2 aliphatic rings. The van der Waals surface area contributed by atoms with Gasteiger partial charge in [-0.25, -0.2) is 0 Å². The van der Waals surface area contributed by atoms with E-state index < -0.39 is 0 Å². The highest BCUT2D eigenvalue weighted by molar-refractivity contribution is 14.0. The number of carbonyl (C=O) groups is 1. The number of nitrogens with one attached hydrogen (secondary N) is 2. The molecule has 0 bridgehead atoms. The molecule has 0 aromatic rings. The Bertz CT molecular complexity index is 432. The number of rotatable bonds is 7. The Labute approximate surface area is 176 Å². The van der Waals surface area contributed by atoms with Crippen LogP contribution >= 0.6 is 24.0 Å². The summed E-state index contributed by atoms with van der Waals surface area (Å²) in [6, 6.07) is 0.762.